The van der Waals surface area contributed by atoms with Gasteiger partial charge in [-0.3, -0.25) is 14.9 Å². The third-order valence-electron chi connectivity index (χ3n) is 3.40. The second kappa shape index (κ2) is 6.53. The summed E-state index contributed by atoms with van der Waals surface area (Å²) in [4.78, 5) is 22.4. The molecule has 6 nitrogen and oxygen atoms in total. The number of carbonyl (C=O) groups excluding carboxylic acids is 1. The van der Waals surface area contributed by atoms with Crippen LogP contribution in [-0.2, 0) is 5.60 Å². The van der Waals surface area contributed by atoms with Gasteiger partial charge in [-0.15, -0.1) is 0 Å². The minimum Gasteiger partial charge on any atom is -0.384 e. The first-order chi connectivity index (χ1) is 10.8. The molecule has 120 valence electrons. The van der Waals surface area contributed by atoms with Gasteiger partial charge in [0.05, 0.1) is 11.5 Å². The van der Waals surface area contributed by atoms with Crippen molar-refractivity contribution < 1.29 is 19.2 Å². The van der Waals surface area contributed by atoms with Gasteiger partial charge in [0.1, 0.15) is 17.0 Å². The van der Waals surface area contributed by atoms with Crippen LogP contribution in [0.1, 0.15) is 22.8 Å². The van der Waals surface area contributed by atoms with E-state index < -0.39 is 22.2 Å². The van der Waals surface area contributed by atoms with Crippen LogP contribution >= 0.6 is 0 Å². The van der Waals surface area contributed by atoms with Gasteiger partial charge in [0.2, 0.25) is 0 Å². The van der Waals surface area contributed by atoms with E-state index in [4.69, 9.17) is 0 Å². The third-order valence-corrected chi connectivity index (χ3v) is 3.40. The number of halogens is 1. The van der Waals surface area contributed by atoms with Crippen molar-refractivity contribution >= 4 is 11.6 Å². The summed E-state index contributed by atoms with van der Waals surface area (Å²) in [5.74, 6) is -1.10. The van der Waals surface area contributed by atoms with Gasteiger partial charge in [0.25, 0.3) is 11.6 Å². The number of nitrogens with zero attached hydrogens (tertiary/aromatic N) is 1. The van der Waals surface area contributed by atoms with Crippen molar-refractivity contribution in [1.82, 2.24) is 5.32 Å². The number of nitro benzene ring substituents is 1. The van der Waals surface area contributed by atoms with E-state index in [9.17, 15) is 24.4 Å². The number of rotatable bonds is 5. The van der Waals surface area contributed by atoms with Crippen molar-refractivity contribution in [3.8, 4) is 0 Å². The molecule has 0 aromatic heterocycles. The Labute approximate surface area is 131 Å². The smallest absolute Gasteiger partial charge is 0.282 e. The van der Waals surface area contributed by atoms with Gasteiger partial charge in [-0.05, 0) is 30.7 Å². The number of hydrogen-bond acceptors (Lipinski definition) is 4. The maximum absolute atomic E-state index is 12.9. The van der Waals surface area contributed by atoms with E-state index in [0.717, 1.165) is 0 Å². The highest BCUT2D eigenvalue weighted by atomic mass is 19.1. The number of benzene rings is 2. The predicted octanol–water partition coefficient (Wildman–Crippen LogP) is 2.37. The van der Waals surface area contributed by atoms with E-state index >= 15 is 0 Å². The number of nitro groups is 1. The molecule has 0 bridgehead atoms. The normalized spacial score (nSPS) is 13.2. The predicted molar refractivity (Wildman–Crippen MR) is 81.4 cm³/mol. The maximum atomic E-state index is 12.9. The van der Waals surface area contributed by atoms with E-state index in [2.05, 4.69) is 5.32 Å². The summed E-state index contributed by atoms with van der Waals surface area (Å²) < 4.78 is 12.9. The van der Waals surface area contributed by atoms with Gasteiger partial charge >= 0.3 is 0 Å². The van der Waals surface area contributed by atoms with Gasteiger partial charge in [-0.2, -0.15) is 0 Å². The van der Waals surface area contributed by atoms with Crippen molar-refractivity contribution in [3.05, 3.63) is 75.6 Å². The zero-order valence-corrected chi connectivity index (χ0v) is 12.3. The highest BCUT2D eigenvalue weighted by Gasteiger charge is 2.26. The van der Waals surface area contributed by atoms with Crippen LogP contribution in [0.5, 0.6) is 0 Å². The minimum atomic E-state index is -1.44. The number of para-hydroxylation sites is 1. The van der Waals surface area contributed by atoms with Crippen molar-refractivity contribution in [2.75, 3.05) is 6.54 Å². The van der Waals surface area contributed by atoms with E-state index in [0.29, 0.717) is 5.56 Å². The average Bonchev–Trinajstić information content (AvgIpc) is 2.53. The van der Waals surface area contributed by atoms with E-state index in [-0.39, 0.29) is 17.8 Å². The summed E-state index contributed by atoms with van der Waals surface area (Å²) in [6, 6.07) is 10.8. The zero-order valence-electron chi connectivity index (χ0n) is 12.3. The second-order valence-electron chi connectivity index (χ2n) is 5.24. The fourth-order valence-electron chi connectivity index (χ4n) is 2.08. The van der Waals surface area contributed by atoms with Crippen molar-refractivity contribution in [2.45, 2.75) is 12.5 Å². The zero-order chi connectivity index (χ0) is 17.0. The van der Waals surface area contributed by atoms with Crippen LogP contribution < -0.4 is 5.32 Å². The average molecular weight is 318 g/mol. The first kappa shape index (κ1) is 16.6. The Hall–Kier alpha value is -2.80. The molecular weight excluding hydrogens is 303 g/mol. The Balaban J connectivity index is 2.12. The molecule has 2 aromatic rings. The van der Waals surface area contributed by atoms with Crippen LogP contribution in [0.3, 0.4) is 0 Å². The van der Waals surface area contributed by atoms with Crippen molar-refractivity contribution in [3.63, 3.8) is 0 Å². The van der Waals surface area contributed by atoms with Crippen LogP contribution in [0.15, 0.2) is 48.5 Å². The molecule has 1 unspecified atom stereocenters. The lowest BCUT2D eigenvalue weighted by molar-refractivity contribution is -0.385. The Morgan fingerprint density at radius 3 is 2.48 bits per heavy atom. The van der Waals surface area contributed by atoms with Gasteiger partial charge in [-0.25, -0.2) is 4.39 Å². The highest BCUT2D eigenvalue weighted by molar-refractivity contribution is 5.98. The fraction of sp³-hybridized carbons (Fsp3) is 0.188. The molecule has 0 aliphatic rings. The first-order valence-electron chi connectivity index (χ1n) is 6.81. The lowest BCUT2D eigenvalue weighted by Crippen LogP contribution is -2.38. The SMILES string of the molecule is CC(O)(CNC(=O)c1ccccc1[N+](=O)[O-])c1ccc(F)cc1. The van der Waals surface area contributed by atoms with Crippen LogP contribution in [-0.4, -0.2) is 22.5 Å². The van der Waals surface area contributed by atoms with E-state index in [1.54, 1.807) is 0 Å². The van der Waals surface area contributed by atoms with E-state index in [1.807, 2.05) is 0 Å². The molecule has 23 heavy (non-hydrogen) atoms. The summed E-state index contributed by atoms with van der Waals surface area (Å²) in [5, 5.41) is 23.8. The number of nitrogens with one attached hydrogen (secondary N) is 1. The monoisotopic (exact) mass is 318 g/mol. The molecule has 0 aliphatic carbocycles. The molecule has 2 rings (SSSR count). The molecule has 0 saturated heterocycles. The molecular formula is C16H15FN2O4. The van der Waals surface area contributed by atoms with Gasteiger partial charge in [0, 0.05) is 6.07 Å². The summed E-state index contributed by atoms with van der Waals surface area (Å²) >= 11 is 0. The number of hydrogen-bond donors (Lipinski definition) is 2. The molecule has 7 heteroatoms. The minimum absolute atomic E-state index is 0.0904. The molecule has 0 spiro atoms. The standard InChI is InChI=1S/C16H15FN2O4/c1-16(21,11-6-8-12(17)9-7-11)10-18-15(20)13-4-2-3-5-14(13)19(22)23/h2-9,21H,10H2,1H3,(H,18,20). The van der Waals surface area contributed by atoms with Crippen LogP contribution in [0, 0.1) is 15.9 Å². The molecule has 0 radical (unpaired) electrons. The molecule has 0 fully saturated rings. The lowest BCUT2D eigenvalue weighted by atomic mass is 9.96. The summed E-state index contributed by atoms with van der Waals surface area (Å²) in [5.41, 5.74) is -1.42. The Bertz CT molecular complexity index is 729. The lowest BCUT2D eigenvalue weighted by Gasteiger charge is -2.24. The van der Waals surface area contributed by atoms with Crippen molar-refractivity contribution in [2.24, 2.45) is 0 Å². The summed E-state index contributed by atoms with van der Waals surface area (Å²) in [6.45, 7) is 1.28. The topological polar surface area (TPSA) is 92.5 Å². The second-order valence-corrected chi connectivity index (χ2v) is 5.24. The number of carbonyl (C=O) groups is 1. The van der Waals surface area contributed by atoms with Gasteiger partial charge in [-0.1, -0.05) is 24.3 Å². The van der Waals surface area contributed by atoms with E-state index in [1.165, 1.54) is 55.5 Å². The largest absolute Gasteiger partial charge is 0.384 e. The van der Waals surface area contributed by atoms with Crippen LogP contribution in [0.25, 0.3) is 0 Å². The molecule has 2 aromatic carbocycles. The Morgan fingerprint density at radius 1 is 1.26 bits per heavy atom. The highest BCUT2D eigenvalue weighted by Crippen LogP contribution is 2.21. The molecule has 1 amide bonds. The molecule has 2 N–H and O–H groups in total. The molecule has 0 saturated carbocycles. The molecule has 1 atom stereocenters. The quantitative estimate of drug-likeness (QED) is 0.654. The molecule has 0 heterocycles. The summed E-state index contributed by atoms with van der Waals surface area (Å²) in [7, 11) is 0. The maximum Gasteiger partial charge on any atom is 0.282 e. The number of aliphatic hydroxyl groups is 1. The Morgan fingerprint density at radius 2 is 1.87 bits per heavy atom. The molecule has 0 aliphatic heterocycles. The summed E-state index contributed by atoms with van der Waals surface area (Å²) in [6.07, 6.45) is 0. The van der Waals surface area contributed by atoms with Crippen molar-refractivity contribution in [1.29, 1.82) is 0 Å². The Kier molecular flexibility index (Phi) is 4.71. The van der Waals surface area contributed by atoms with Gasteiger partial charge in [0.15, 0.2) is 0 Å². The fourth-order valence-corrected chi connectivity index (χ4v) is 2.08. The number of amides is 1. The third kappa shape index (κ3) is 3.89. The van der Waals surface area contributed by atoms with Crippen LogP contribution in [0.2, 0.25) is 0 Å². The first-order valence-corrected chi connectivity index (χ1v) is 6.81. The van der Waals surface area contributed by atoms with Crippen LogP contribution in [0.4, 0.5) is 10.1 Å². The van der Waals surface area contributed by atoms with Gasteiger partial charge < -0.3 is 10.4 Å².